The summed E-state index contributed by atoms with van der Waals surface area (Å²) in [6.07, 6.45) is 13.8. The maximum atomic E-state index is 13.2. The van der Waals surface area contributed by atoms with Gasteiger partial charge in [-0.1, -0.05) is 110 Å². The molecule has 0 aromatic heterocycles. The molecule has 0 radical (unpaired) electrons. The Labute approximate surface area is 286 Å². The van der Waals surface area contributed by atoms with Crippen LogP contribution >= 0.6 is 0 Å². The molecule has 10 nitrogen and oxygen atoms in total. The second-order valence-corrected chi connectivity index (χ2v) is 12.8. The predicted molar refractivity (Wildman–Crippen MR) is 189 cm³/mol. The fourth-order valence-corrected chi connectivity index (χ4v) is 5.66. The summed E-state index contributed by atoms with van der Waals surface area (Å²) in [5.41, 5.74) is 11.4. The number of unbranched alkanes of at least 4 members (excludes halogenated alkanes) is 8. The van der Waals surface area contributed by atoms with E-state index in [0.29, 0.717) is 43.2 Å². The van der Waals surface area contributed by atoms with Crippen molar-refractivity contribution in [3.05, 3.63) is 58.7 Å². The smallest absolute Gasteiger partial charge is 0.273 e. The van der Waals surface area contributed by atoms with Crippen LogP contribution < -0.4 is 21.7 Å². The third-order valence-corrected chi connectivity index (χ3v) is 8.85. The minimum Gasteiger partial charge on any atom is -0.507 e. The standard InChI is InChI=1S/C38H58N4O6/c1-5-8-11-14-18-28-21-16-23-31(33(28)43)37(47)41-39-35(45)27(4)25-26-30(20-13-10-7-3)36(46)40-42-38(48)32-24-17-22-29(34(32)44)19-15-12-9-6-2/h16-17,21-24,27,30,43-44H,5-15,18-20,25-26H2,1-4H3,(H,39,45)(H,40,46)(H,41,47)(H,42,48). The quantitative estimate of drug-likeness (QED) is 0.0612. The molecule has 0 bridgehead atoms. The molecule has 0 fully saturated rings. The molecule has 0 aliphatic heterocycles. The lowest BCUT2D eigenvalue weighted by atomic mass is 9.91. The summed E-state index contributed by atoms with van der Waals surface area (Å²) in [5.74, 6) is -3.09. The molecule has 48 heavy (non-hydrogen) atoms. The van der Waals surface area contributed by atoms with Crippen LogP contribution in [0.5, 0.6) is 11.5 Å². The van der Waals surface area contributed by atoms with Gasteiger partial charge in [0.2, 0.25) is 11.8 Å². The number of amides is 4. The highest BCUT2D eigenvalue weighted by Crippen LogP contribution is 2.26. The maximum absolute atomic E-state index is 13.2. The number of aromatic hydroxyl groups is 2. The number of para-hydroxylation sites is 2. The fraction of sp³-hybridized carbons (Fsp3) is 0.579. The summed E-state index contributed by atoms with van der Waals surface area (Å²) >= 11 is 0. The lowest BCUT2D eigenvalue weighted by Gasteiger charge is -2.20. The Morgan fingerprint density at radius 1 is 0.562 bits per heavy atom. The summed E-state index contributed by atoms with van der Waals surface area (Å²) < 4.78 is 0. The van der Waals surface area contributed by atoms with Gasteiger partial charge in [-0.05, 0) is 68.2 Å². The SMILES string of the molecule is CCCCCCc1cccc(C(=O)NNC(=O)C(C)CCC(CCCCC)C(=O)NNC(=O)c2cccc(CCCCCC)c2O)c1O. The van der Waals surface area contributed by atoms with Gasteiger partial charge in [0.15, 0.2) is 0 Å². The monoisotopic (exact) mass is 666 g/mol. The molecule has 0 aliphatic rings. The van der Waals surface area contributed by atoms with Gasteiger partial charge in [-0.25, -0.2) is 0 Å². The van der Waals surface area contributed by atoms with Crippen molar-refractivity contribution >= 4 is 23.6 Å². The van der Waals surface area contributed by atoms with Gasteiger partial charge < -0.3 is 10.2 Å². The van der Waals surface area contributed by atoms with Crippen molar-refractivity contribution in [1.29, 1.82) is 0 Å². The van der Waals surface area contributed by atoms with Gasteiger partial charge in [-0.2, -0.15) is 0 Å². The first-order chi connectivity index (χ1) is 23.1. The summed E-state index contributed by atoms with van der Waals surface area (Å²) in [7, 11) is 0. The molecule has 2 aromatic rings. The lowest BCUT2D eigenvalue weighted by Crippen LogP contribution is -2.45. The summed E-state index contributed by atoms with van der Waals surface area (Å²) in [6, 6.07) is 10.1. The first-order valence-electron chi connectivity index (χ1n) is 18.0. The molecular weight excluding hydrogens is 608 g/mol. The van der Waals surface area contributed by atoms with Gasteiger partial charge in [0.05, 0.1) is 11.1 Å². The highest BCUT2D eigenvalue weighted by molar-refractivity contribution is 5.99. The molecular formula is C38H58N4O6. The minimum atomic E-state index is -0.607. The van der Waals surface area contributed by atoms with Crippen LogP contribution in [0.4, 0.5) is 0 Å². The Morgan fingerprint density at radius 2 is 1.02 bits per heavy atom. The molecule has 0 saturated heterocycles. The third-order valence-electron chi connectivity index (χ3n) is 8.85. The average molecular weight is 667 g/mol. The Hall–Kier alpha value is -4.08. The van der Waals surface area contributed by atoms with Crippen LogP contribution in [0.3, 0.4) is 0 Å². The zero-order valence-electron chi connectivity index (χ0n) is 29.5. The Bertz CT molecular complexity index is 1310. The van der Waals surface area contributed by atoms with Crippen molar-refractivity contribution in [3.8, 4) is 11.5 Å². The van der Waals surface area contributed by atoms with E-state index in [-0.39, 0.29) is 28.5 Å². The molecule has 0 saturated carbocycles. The lowest BCUT2D eigenvalue weighted by molar-refractivity contribution is -0.128. The van der Waals surface area contributed by atoms with Crippen molar-refractivity contribution in [2.24, 2.45) is 11.8 Å². The Kier molecular flexibility index (Phi) is 18.8. The van der Waals surface area contributed by atoms with E-state index in [0.717, 1.165) is 70.6 Å². The summed E-state index contributed by atoms with van der Waals surface area (Å²) in [4.78, 5) is 51.7. The number of carbonyl (C=O) groups is 4. The second-order valence-electron chi connectivity index (χ2n) is 12.8. The van der Waals surface area contributed by atoms with Gasteiger partial charge in [0, 0.05) is 11.8 Å². The highest BCUT2D eigenvalue weighted by atomic mass is 16.3. The van der Waals surface area contributed by atoms with Gasteiger partial charge in [-0.15, -0.1) is 0 Å². The molecule has 0 aliphatic carbocycles. The molecule has 4 amide bonds. The van der Waals surface area contributed by atoms with Crippen molar-refractivity contribution < 1.29 is 29.4 Å². The van der Waals surface area contributed by atoms with Gasteiger partial charge in [0.1, 0.15) is 11.5 Å². The molecule has 10 heteroatoms. The van der Waals surface area contributed by atoms with Gasteiger partial charge in [0.25, 0.3) is 11.8 Å². The van der Waals surface area contributed by atoms with E-state index in [2.05, 4.69) is 42.5 Å². The van der Waals surface area contributed by atoms with Crippen molar-refractivity contribution in [2.75, 3.05) is 0 Å². The van der Waals surface area contributed by atoms with E-state index in [1.165, 1.54) is 12.1 Å². The number of hydrazine groups is 2. The van der Waals surface area contributed by atoms with Crippen LogP contribution in [0, 0.1) is 11.8 Å². The van der Waals surface area contributed by atoms with Crippen LogP contribution in [0.1, 0.15) is 149 Å². The molecule has 0 spiro atoms. The van der Waals surface area contributed by atoms with E-state index >= 15 is 0 Å². The fourth-order valence-electron chi connectivity index (χ4n) is 5.66. The van der Waals surface area contributed by atoms with Crippen molar-refractivity contribution in [3.63, 3.8) is 0 Å². The second kappa shape index (κ2) is 22.5. The topological polar surface area (TPSA) is 157 Å². The Morgan fingerprint density at radius 3 is 1.50 bits per heavy atom. The first-order valence-corrected chi connectivity index (χ1v) is 18.0. The van der Waals surface area contributed by atoms with E-state index in [1.54, 1.807) is 31.2 Å². The molecule has 2 aromatic carbocycles. The first kappa shape index (κ1) is 40.1. The predicted octanol–water partition coefficient (Wildman–Crippen LogP) is 7.18. The largest absolute Gasteiger partial charge is 0.507 e. The Balaban J connectivity index is 1.91. The molecule has 6 N–H and O–H groups in total. The maximum Gasteiger partial charge on any atom is 0.273 e. The zero-order valence-corrected chi connectivity index (χ0v) is 29.5. The number of phenols is 2. The average Bonchev–Trinajstić information content (AvgIpc) is 3.08. The number of rotatable bonds is 21. The highest BCUT2D eigenvalue weighted by Gasteiger charge is 2.23. The van der Waals surface area contributed by atoms with Crippen molar-refractivity contribution in [1.82, 2.24) is 21.7 Å². The number of aryl methyl sites for hydroxylation is 2. The van der Waals surface area contributed by atoms with E-state index in [9.17, 15) is 29.4 Å². The molecule has 2 atom stereocenters. The third kappa shape index (κ3) is 13.6. The molecule has 0 heterocycles. The van der Waals surface area contributed by atoms with Crippen LogP contribution in [0.2, 0.25) is 0 Å². The van der Waals surface area contributed by atoms with E-state index in [4.69, 9.17) is 0 Å². The molecule has 2 unspecified atom stereocenters. The number of phenolic OH excluding ortho intramolecular Hbond substituents is 2. The van der Waals surface area contributed by atoms with Crippen LogP contribution in [0.25, 0.3) is 0 Å². The van der Waals surface area contributed by atoms with Crippen LogP contribution in [-0.2, 0) is 22.4 Å². The van der Waals surface area contributed by atoms with E-state index in [1.807, 2.05) is 0 Å². The summed E-state index contributed by atoms with van der Waals surface area (Å²) in [6.45, 7) is 8.06. The number of hydrogen-bond donors (Lipinski definition) is 6. The number of nitrogens with one attached hydrogen (secondary N) is 4. The van der Waals surface area contributed by atoms with Crippen molar-refractivity contribution in [2.45, 2.75) is 130 Å². The zero-order chi connectivity index (χ0) is 35.3. The number of hydrogen-bond acceptors (Lipinski definition) is 6. The molecule has 266 valence electrons. The number of benzene rings is 2. The number of carbonyl (C=O) groups excluding carboxylic acids is 4. The van der Waals surface area contributed by atoms with Crippen LogP contribution in [-0.4, -0.2) is 33.8 Å². The summed E-state index contributed by atoms with van der Waals surface area (Å²) in [5, 5.41) is 21.3. The van der Waals surface area contributed by atoms with Gasteiger partial charge >= 0.3 is 0 Å². The molecule has 2 rings (SSSR count). The van der Waals surface area contributed by atoms with E-state index < -0.39 is 29.6 Å². The van der Waals surface area contributed by atoms with Crippen LogP contribution in [0.15, 0.2) is 36.4 Å². The normalized spacial score (nSPS) is 12.2. The van der Waals surface area contributed by atoms with Gasteiger partial charge in [-0.3, -0.25) is 40.9 Å². The minimum absolute atomic E-state index is 0.0718.